The maximum absolute atomic E-state index is 11.3. The van der Waals surface area contributed by atoms with Crippen LogP contribution in [0.15, 0.2) is 18.2 Å². The lowest BCUT2D eigenvalue weighted by molar-refractivity contribution is -0.115. The van der Waals surface area contributed by atoms with Crippen LogP contribution in [0.2, 0.25) is 5.02 Å². The lowest BCUT2D eigenvalue weighted by Gasteiger charge is -2.07. The molecule has 1 aliphatic carbocycles. The van der Waals surface area contributed by atoms with E-state index in [0.717, 1.165) is 10.7 Å². The second-order valence-corrected chi connectivity index (χ2v) is 4.50. The fraction of sp³-hybridized carbons (Fsp3) is 0.417. The molecular formula is C12H15ClN2O. The Hall–Kier alpha value is -1.06. The van der Waals surface area contributed by atoms with Crippen LogP contribution in [-0.2, 0) is 4.79 Å². The summed E-state index contributed by atoms with van der Waals surface area (Å²) < 4.78 is 0. The van der Waals surface area contributed by atoms with E-state index in [9.17, 15) is 4.79 Å². The topological polar surface area (TPSA) is 41.1 Å². The van der Waals surface area contributed by atoms with Crippen LogP contribution in [0.1, 0.15) is 24.3 Å². The first-order valence-corrected chi connectivity index (χ1v) is 5.82. The Kier molecular flexibility index (Phi) is 3.46. The van der Waals surface area contributed by atoms with E-state index in [0.29, 0.717) is 12.5 Å². The summed E-state index contributed by atoms with van der Waals surface area (Å²) in [5.41, 5.74) is 1.96. The van der Waals surface area contributed by atoms with E-state index in [1.54, 1.807) is 7.05 Å². The highest BCUT2D eigenvalue weighted by Gasteiger charge is 2.25. The molecule has 1 saturated carbocycles. The van der Waals surface area contributed by atoms with Crippen molar-refractivity contribution in [2.75, 3.05) is 18.9 Å². The summed E-state index contributed by atoms with van der Waals surface area (Å²) in [5, 5.41) is 6.34. The van der Waals surface area contributed by atoms with Gasteiger partial charge in [0.05, 0.1) is 6.54 Å². The fourth-order valence-corrected chi connectivity index (χ4v) is 2.03. The highest BCUT2D eigenvalue weighted by Crippen LogP contribution is 2.43. The van der Waals surface area contributed by atoms with Crippen molar-refractivity contribution >= 4 is 23.2 Å². The summed E-state index contributed by atoms with van der Waals surface area (Å²) in [6.07, 6.45) is 2.45. The van der Waals surface area contributed by atoms with E-state index in [1.807, 2.05) is 18.2 Å². The van der Waals surface area contributed by atoms with Gasteiger partial charge >= 0.3 is 0 Å². The van der Waals surface area contributed by atoms with Crippen molar-refractivity contribution in [3.05, 3.63) is 28.8 Å². The van der Waals surface area contributed by atoms with Crippen molar-refractivity contribution < 1.29 is 4.79 Å². The van der Waals surface area contributed by atoms with Crippen LogP contribution in [0, 0.1) is 0 Å². The molecule has 0 heterocycles. The summed E-state index contributed by atoms with van der Waals surface area (Å²) in [4.78, 5) is 11.3. The first-order valence-electron chi connectivity index (χ1n) is 5.44. The van der Waals surface area contributed by atoms with Crippen LogP contribution in [0.3, 0.4) is 0 Å². The van der Waals surface area contributed by atoms with Crippen LogP contribution < -0.4 is 10.6 Å². The molecule has 0 unspecified atom stereocenters. The molecule has 0 saturated heterocycles. The Morgan fingerprint density at radius 1 is 1.50 bits per heavy atom. The Labute approximate surface area is 100 Å². The van der Waals surface area contributed by atoms with E-state index < -0.39 is 0 Å². The minimum atomic E-state index is -0.0576. The second-order valence-electron chi connectivity index (χ2n) is 4.09. The van der Waals surface area contributed by atoms with Crippen LogP contribution in [0.5, 0.6) is 0 Å². The predicted octanol–water partition coefficient (Wildman–Crippen LogP) is 2.38. The van der Waals surface area contributed by atoms with Gasteiger partial charge in [0.1, 0.15) is 0 Å². The molecular weight excluding hydrogens is 224 g/mol. The van der Waals surface area contributed by atoms with Crippen molar-refractivity contribution in [2.45, 2.75) is 18.8 Å². The number of hydrogen-bond acceptors (Lipinski definition) is 2. The minimum Gasteiger partial charge on any atom is -0.325 e. The van der Waals surface area contributed by atoms with E-state index in [-0.39, 0.29) is 5.91 Å². The summed E-state index contributed by atoms with van der Waals surface area (Å²) in [6, 6.07) is 5.74. The van der Waals surface area contributed by atoms with Crippen molar-refractivity contribution in [1.29, 1.82) is 0 Å². The molecule has 0 aromatic heterocycles. The highest BCUT2D eigenvalue weighted by molar-refractivity contribution is 6.31. The SMILES string of the molecule is CNCC(=O)Nc1ccc(C2CC2)c(Cl)c1. The van der Waals surface area contributed by atoms with Crippen molar-refractivity contribution in [2.24, 2.45) is 0 Å². The smallest absolute Gasteiger partial charge is 0.238 e. The zero-order chi connectivity index (χ0) is 11.5. The number of rotatable bonds is 4. The third-order valence-corrected chi connectivity index (χ3v) is 2.97. The molecule has 4 heteroatoms. The largest absolute Gasteiger partial charge is 0.325 e. The number of hydrogen-bond donors (Lipinski definition) is 2. The van der Waals surface area contributed by atoms with Gasteiger partial charge in [-0.3, -0.25) is 4.79 Å². The molecule has 16 heavy (non-hydrogen) atoms. The molecule has 2 rings (SSSR count). The number of amides is 1. The van der Waals surface area contributed by atoms with E-state index in [1.165, 1.54) is 18.4 Å². The van der Waals surface area contributed by atoms with Gasteiger partial charge in [0, 0.05) is 10.7 Å². The molecule has 86 valence electrons. The Balaban J connectivity index is 2.05. The molecule has 0 atom stereocenters. The van der Waals surface area contributed by atoms with Gasteiger partial charge in [0.25, 0.3) is 0 Å². The van der Waals surface area contributed by atoms with Gasteiger partial charge in [-0.2, -0.15) is 0 Å². The zero-order valence-corrected chi connectivity index (χ0v) is 9.97. The van der Waals surface area contributed by atoms with Gasteiger partial charge in [0.2, 0.25) is 5.91 Å². The molecule has 1 aliphatic rings. The fourth-order valence-electron chi connectivity index (χ4n) is 1.70. The van der Waals surface area contributed by atoms with E-state index in [4.69, 9.17) is 11.6 Å². The molecule has 1 amide bonds. The van der Waals surface area contributed by atoms with Crippen molar-refractivity contribution in [3.8, 4) is 0 Å². The molecule has 3 nitrogen and oxygen atoms in total. The average Bonchev–Trinajstić information content (AvgIpc) is 3.01. The molecule has 0 spiro atoms. The van der Waals surface area contributed by atoms with Gasteiger partial charge < -0.3 is 10.6 Å². The molecule has 1 aromatic carbocycles. The predicted molar refractivity (Wildman–Crippen MR) is 66.0 cm³/mol. The first-order chi connectivity index (χ1) is 7.70. The van der Waals surface area contributed by atoms with Gasteiger partial charge in [-0.05, 0) is 43.5 Å². The normalized spacial score (nSPS) is 14.9. The van der Waals surface area contributed by atoms with Crippen LogP contribution in [-0.4, -0.2) is 19.5 Å². The Morgan fingerprint density at radius 2 is 2.25 bits per heavy atom. The monoisotopic (exact) mass is 238 g/mol. The number of halogens is 1. The molecule has 0 radical (unpaired) electrons. The molecule has 1 fully saturated rings. The lowest BCUT2D eigenvalue weighted by atomic mass is 10.1. The maximum atomic E-state index is 11.3. The molecule has 1 aromatic rings. The standard InChI is InChI=1S/C12H15ClN2O/c1-14-7-12(16)15-9-4-5-10(8-2-3-8)11(13)6-9/h4-6,8,14H,2-3,7H2,1H3,(H,15,16). The minimum absolute atomic E-state index is 0.0576. The third kappa shape index (κ3) is 2.74. The lowest BCUT2D eigenvalue weighted by Crippen LogP contribution is -2.25. The summed E-state index contributed by atoms with van der Waals surface area (Å²) in [5.74, 6) is 0.576. The third-order valence-electron chi connectivity index (χ3n) is 2.64. The number of nitrogens with one attached hydrogen (secondary N) is 2. The molecule has 0 bridgehead atoms. The van der Waals surface area contributed by atoms with Crippen LogP contribution in [0.4, 0.5) is 5.69 Å². The Bertz CT molecular complexity index is 402. The van der Waals surface area contributed by atoms with Gasteiger partial charge in [-0.15, -0.1) is 0 Å². The molecule has 0 aliphatic heterocycles. The van der Waals surface area contributed by atoms with Crippen LogP contribution in [0.25, 0.3) is 0 Å². The number of carbonyl (C=O) groups excluding carboxylic acids is 1. The van der Waals surface area contributed by atoms with E-state index in [2.05, 4.69) is 10.6 Å². The summed E-state index contributed by atoms with van der Waals surface area (Å²) >= 11 is 6.16. The van der Waals surface area contributed by atoms with Gasteiger partial charge in [0.15, 0.2) is 0 Å². The van der Waals surface area contributed by atoms with Crippen LogP contribution >= 0.6 is 11.6 Å². The zero-order valence-electron chi connectivity index (χ0n) is 9.22. The number of anilines is 1. The van der Waals surface area contributed by atoms with Crippen molar-refractivity contribution in [1.82, 2.24) is 5.32 Å². The van der Waals surface area contributed by atoms with Gasteiger partial charge in [-0.25, -0.2) is 0 Å². The van der Waals surface area contributed by atoms with Crippen molar-refractivity contribution in [3.63, 3.8) is 0 Å². The quantitative estimate of drug-likeness (QED) is 0.846. The maximum Gasteiger partial charge on any atom is 0.238 e. The Morgan fingerprint density at radius 3 is 2.81 bits per heavy atom. The van der Waals surface area contributed by atoms with E-state index >= 15 is 0 Å². The number of benzene rings is 1. The first kappa shape index (κ1) is 11.4. The summed E-state index contributed by atoms with van der Waals surface area (Å²) in [6.45, 7) is 0.308. The highest BCUT2D eigenvalue weighted by atomic mass is 35.5. The average molecular weight is 239 g/mol. The number of likely N-dealkylation sites (N-methyl/N-ethyl adjacent to an activating group) is 1. The molecule has 2 N–H and O–H groups in total. The van der Waals surface area contributed by atoms with Gasteiger partial charge in [-0.1, -0.05) is 17.7 Å². The summed E-state index contributed by atoms with van der Waals surface area (Å²) in [7, 11) is 1.74. The second kappa shape index (κ2) is 4.85. The number of carbonyl (C=O) groups is 1.